The molecule has 4 heteroatoms. The van der Waals surface area contributed by atoms with Gasteiger partial charge in [0.05, 0.1) is 13.5 Å². The second-order valence-corrected chi connectivity index (χ2v) is 4.45. The summed E-state index contributed by atoms with van der Waals surface area (Å²) in [6.45, 7) is 0. The highest BCUT2D eigenvalue weighted by Crippen LogP contribution is 2.32. The lowest BCUT2D eigenvalue weighted by Gasteiger charge is -2.09. The van der Waals surface area contributed by atoms with Gasteiger partial charge in [0.1, 0.15) is 5.75 Å². The molecule has 2 aromatic carbocycles. The van der Waals surface area contributed by atoms with Gasteiger partial charge in [-0.15, -0.1) is 0 Å². The highest BCUT2D eigenvalue weighted by Gasteiger charge is 2.07. The molecule has 0 bridgehead atoms. The summed E-state index contributed by atoms with van der Waals surface area (Å²) in [5.74, 6) is 0.282. The number of hydrogen-bond acceptors (Lipinski definition) is 2. The van der Waals surface area contributed by atoms with Gasteiger partial charge in [0.15, 0.2) is 0 Å². The van der Waals surface area contributed by atoms with Crippen molar-refractivity contribution in [2.24, 2.45) is 5.73 Å². The van der Waals surface area contributed by atoms with Crippen LogP contribution in [0.2, 0.25) is 5.02 Å². The van der Waals surface area contributed by atoms with Crippen molar-refractivity contribution in [3.63, 3.8) is 0 Å². The van der Waals surface area contributed by atoms with E-state index in [4.69, 9.17) is 22.1 Å². The first-order valence-corrected chi connectivity index (χ1v) is 6.06. The molecule has 2 N–H and O–H groups in total. The summed E-state index contributed by atoms with van der Waals surface area (Å²) in [4.78, 5) is 10.8. The molecule has 0 fully saturated rings. The van der Waals surface area contributed by atoms with Gasteiger partial charge in [-0.2, -0.15) is 0 Å². The Labute approximate surface area is 117 Å². The maximum Gasteiger partial charge on any atom is 0.226 e. The van der Waals surface area contributed by atoms with Crippen molar-refractivity contribution in [2.45, 2.75) is 0 Å². The predicted octanol–water partition coefficient (Wildman–Crippen LogP) is 3.05. The molecule has 1 amide bonds. The number of primary amides is 1. The van der Waals surface area contributed by atoms with E-state index in [9.17, 15) is 4.79 Å². The second kappa shape index (κ2) is 5.76. The zero-order valence-electron chi connectivity index (χ0n) is 10.4. The fraction of sp³-hybridized carbons (Fsp3) is 0.0667. The van der Waals surface area contributed by atoms with Crippen molar-refractivity contribution in [1.82, 2.24) is 0 Å². The van der Waals surface area contributed by atoms with Gasteiger partial charge >= 0.3 is 0 Å². The Bertz CT molecular complexity index is 594. The first kappa shape index (κ1) is 13.4. The molecule has 97 valence electrons. The normalized spacial score (nSPS) is 10.2. The number of carbonyl (C=O) groups is 1. The van der Waals surface area contributed by atoms with E-state index < -0.39 is 5.91 Å². The Morgan fingerprint density at radius 2 is 1.89 bits per heavy atom. The molecule has 0 heterocycles. The molecule has 0 unspecified atom stereocenters. The van der Waals surface area contributed by atoms with Gasteiger partial charge in [0.25, 0.3) is 0 Å². The standard InChI is InChI=1S/C15H13ClNO2/c1-19-14-7-6-12(16)9-13(14)11-4-2-10(3-5-11)8-15(17)18/h2-9H,1H3,(H2,17,18). The molecule has 0 saturated carbocycles. The van der Waals surface area contributed by atoms with Crippen LogP contribution in [0.3, 0.4) is 0 Å². The van der Waals surface area contributed by atoms with Crippen LogP contribution in [-0.2, 0) is 4.79 Å². The molecule has 0 aliphatic carbocycles. The van der Waals surface area contributed by atoms with Crippen molar-refractivity contribution in [3.8, 4) is 16.9 Å². The molecule has 2 rings (SSSR count). The third-order valence-corrected chi connectivity index (χ3v) is 2.93. The Balaban J connectivity index is 2.36. The highest BCUT2D eigenvalue weighted by atomic mass is 35.5. The van der Waals surface area contributed by atoms with Gasteiger partial charge < -0.3 is 10.5 Å². The number of ether oxygens (including phenoxy) is 1. The van der Waals surface area contributed by atoms with Gasteiger partial charge in [-0.1, -0.05) is 35.9 Å². The predicted molar refractivity (Wildman–Crippen MR) is 76.0 cm³/mol. The van der Waals surface area contributed by atoms with Gasteiger partial charge in [0, 0.05) is 10.6 Å². The summed E-state index contributed by atoms with van der Waals surface area (Å²) in [5.41, 5.74) is 7.73. The lowest BCUT2D eigenvalue weighted by atomic mass is 10.0. The average molecular weight is 275 g/mol. The molecule has 2 aromatic rings. The number of amides is 1. The zero-order chi connectivity index (χ0) is 13.8. The minimum absolute atomic E-state index is 0.465. The summed E-state index contributed by atoms with van der Waals surface area (Å²) in [5, 5.41) is 0.642. The van der Waals surface area contributed by atoms with Gasteiger partial charge in [-0.25, -0.2) is 0 Å². The fourth-order valence-corrected chi connectivity index (χ4v) is 2.00. The highest BCUT2D eigenvalue weighted by molar-refractivity contribution is 6.31. The summed E-state index contributed by atoms with van der Waals surface area (Å²) < 4.78 is 5.31. The van der Waals surface area contributed by atoms with Crippen LogP contribution in [0.4, 0.5) is 0 Å². The van der Waals surface area contributed by atoms with Crippen LogP contribution in [0.1, 0.15) is 5.56 Å². The molecule has 0 aliphatic rings. The largest absolute Gasteiger partial charge is 0.496 e. The molecular weight excluding hydrogens is 262 g/mol. The number of carbonyl (C=O) groups excluding carboxylic acids is 1. The molecule has 0 saturated heterocycles. The van der Waals surface area contributed by atoms with Crippen LogP contribution < -0.4 is 10.5 Å². The van der Waals surface area contributed by atoms with E-state index >= 15 is 0 Å². The van der Waals surface area contributed by atoms with Crippen LogP contribution in [0, 0.1) is 6.42 Å². The summed E-state index contributed by atoms with van der Waals surface area (Å²) in [7, 11) is 1.61. The summed E-state index contributed by atoms with van der Waals surface area (Å²) >= 11 is 6.00. The Hall–Kier alpha value is -2.00. The van der Waals surface area contributed by atoms with E-state index in [1.165, 1.54) is 6.42 Å². The van der Waals surface area contributed by atoms with E-state index in [-0.39, 0.29) is 0 Å². The van der Waals surface area contributed by atoms with Crippen LogP contribution in [0.15, 0.2) is 42.5 Å². The lowest BCUT2D eigenvalue weighted by molar-refractivity contribution is -0.114. The maximum absolute atomic E-state index is 10.8. The lowest BCUT2D eigenvalue weighted by Crippen LogP contribution is -2.11. The van der Waals surface area contributed by atoms with Crippen LogP contribution in [0.25, 0.3) is 11.1 Å². The molecule has 0 spiro atoms. The van der Waals surface area contributed by atoms with E-state index in [1.807, 2.05) is 36.4 Å². The SMILES string of the molecule is COc1ccc(Cl)cc1-c1ccc([CH]C(N)=O)cc1. The van der Waals surface area contributed by atoms with Crippen LogP contribution in [-0.4, -0.2) is 13.0 Å². The quantitative estimate of drug-likeness (QED) is 0.932. The summed E-state index contributed by atoms with van der Waals surface area (Å²) in [6.07, 6.45) is 1.37. The zero-order valence-corrected chi connectivity index (χ0v) is 11.1. The molecule has 0 aliphatic heterocycles. The monoisotopic (exact) mass is 274 g/mol. The second-order valence-electron chi connectivity index (χ2n) is 4.01. The van der Waals surface area contributed by atoms with Crippen molar-refractivity contribution in [2.75, 3.05) is 7.11 Å². The molecular formula is C15H13ClNO2. The maximum atomic E-state index is 10.8. The van der Waals surface area contributed by atoms with E-state index in [0.717, 1.165) is 22.4 Å². The number of nitrogens with two attached hydrogens (primary N) is 1. The topological polar surface area (TPSA) is 52.3 Å². The number of benzene rings is 2. The van der Waals surface area contributed by atoms with Gasteiger partial charge in [-0.05, 0) is 29.3 Å². The molecule has 1 radical (unpaired) electrons. The van der Waals surface area contributed by atoms with Crippen molar-refractivity contribution in [3.05, 3.63) is 59.5 Å². The molecule has 3 nitrogen and oxygen atoms in total. The smallest absolute Gasteiger partial charge is 0.226 e. The number of halogens is 1. The van der Waals surface area contributed by atoms with Crippen molar-refractivity contribution in [1.29, 1.82) is 0 Å². The Morgan fingerprint density at radius 3 is 2.47 bits per heavy atom. The first-order valence-electron chi connectivity index (χ1n) is 5.68. The van der Waals surface area contributed by atoms with E-state index in [1.54, 1.807) is 13.2 Å². The number of rotatable bonds is 4. The third-order valence-electron chi connectivity index (χ3n) is 2.69. The Morgan fingerprint density at radius 1 is 1.21 bits per heavy atom. The van der Waals surface area contributed by atoms with Crippen LogP contribution >= 0.6 is 11.6 Å². The van der Waals surface area contributed by atoms with E-state index in [0.29, 0.717) is 5.02 Å². The van der Waals surface area contributed by atoms with E-state index in [2.05, 4.69) is 0 Å². The number of methoxy groups -OCH3 is 1. The minimum Gasteiger partial charge on any atom is -0.496 e. The van der Waals surface area contributed by atoms with Crippen molar-refractivity contribution < 1.29 is 9.53 Å². The number of hydrogen-bond donors (Lipinski definition) is 1. The van der Waals surface area contributed by atoms with Crippen LogP contribution in [0.5, 0.6) is 5.75 Å². The minimum atomic E-state index is -0.465. The third kappa shape index (κ3) is 3.26. The molecule has 0 atom stereocenters. The van der Waals surface area contributed by atoms with Crippen molar-refractivity contribution >= 4 is 17.5 Å². The molecule has 0 aromatic heterocycles. The summed E-state index contributed by atoms with van der Waals surface area (Å²) in [6, 6.07) is 12.9. The fourth-order valence-electron chi connectivity index (χ4n) is 1.83. The van der Waals surface area contributed by atoms with Gasteiger partial charge in [-0.3, -0.25) is 4.79 Å². The van der Waals surface area contributed by atoms with Gasteiger partial charge in [0.2, 0.25) is 5.91 Å². The first-order chi connectivity index (χ1) is 9.10. The average Bonchev–Trinajstić information content (AvgIpc) is 2.39. The Kier molecular flexibility index (Phi) is 4.07. The molecule has 19 heavy (non-hydrogen) atoms.